The van der Waals surface area contributed by atoms with Gasteiger partial charge in [0.15, 0.2) is 11.5 Å². The summed E-state index contributed by atoms with van der Waals surface area (Å²) in [5.74, 6) is 0.263. The lowest BCUT2D eigenvalue weighted by atomic mass is 9.83. The van der Waals surface area contributed by atoms with Gasteiger partial charge in [0.25, 0.3) is 0 Å². The molecule has 2 heterocycles. The summed E-state index contributed by atoms with van der Waals surface area (Å²) >= 11 is 6.34. The molecule has 1 fully saturated rings. The SMILES string of the molecule is NCC1OC(C2CCN(c3ccccc3Cl)CC2)Cc2c1ccc(O)c2O. The monoisotopic (exact) mass is 388 g/mol. The van der Waals surface area contributed by atoms with Crippen molar-refractivity contribution in [2.45, 2.75) is 31.5 Å². The van der Waals surface area contributed by atoms with Crippen molar-refractivity contribution in [1.82, 2.24) is 0 Å². The number of ether oxygens (including phenoxy) is 1. The number of halogens is 1. The van der Waals surface area contributed by atoms with E-state index < -0.39 is 0 Å². The van der Waals surface area contributed by atoms with Crippen LogP contribution in [0.1, 0.15) is 30.1 Å². The number of hydrogen-bond donors (Lipinski definition) is 3. The highest BCUT2D eigenvalue weighted by Crippen LogP contribution is 2.42. The third-order valence-corrected chi connectivity index (χ3v) is 6.18. The molecule has 2 aromatic carbocycles. The van der Waals surface area contributed by atoms with Crippen LogP contribution in [0.3, 0.4) is 0 Å². The molecule has 0 amide bonds. The molecule has 0 bridgehead atoms. The topological polar surface area (TPSA) is 79.0 Å². The highest BCUT2D eigenvalue weighted by atomic mass is 35.5. The van der Waals surface area contributed by atoms with E-state index in [-0.39, 0.29) is 23.7 Å². The van der Waals surface area contributed by atoms with E-state index in [1.165, 1.54) is 6.07 Å². The van der Waals surface area contributed by atoms with Crippen molar-refractivity contribution in [1.29, 1.82) is 0 Å². The molecule has 0 aromatic heterocycles. The Morgan fingerprint density at radius 1 is 1.11 bits per heavy atom. The Labute approximate surface area is 164 Å². The molecule has 144 valence electrons. The summed E-state index contributed by atoms with van der Waals surface area (Å²) < 4.78 is 6.30. The first-order valence-corrected chi connectivity index (χ1v) is 9.85. The van der Waals surface area contributed by atoms with Crippen LogP contribution in [-0.4, -0.2) is 36.0 Å². The van der Waals surface area contributed by atoms with Gasteiger partial charge in [0.1, 0.15) is 0 Å². The van der Waals surface area contributed by atoms with Crippen LogP contribution in [0.5, 0.6) is 11.5 Å². The van der Waals surface area contributed by atoms with Crippen molar-refractivity contribution in [2.75, 3.05) is 24.5 Å². The summed E-state index contributed by atoms with van der Waals surface area (Å²) in [6.45, 7) is 2.19. The molecule has 2 aliphatic heterocycles. The Morgan fingerprint density at radius 2 is 1.85 bits per heavy atom. The lowest BCUT2D eigenvalue weighted by Crippen LogP contribution is -2.42. The van der Waals surface area contributed by atoms with Gasteiger partial charge >= 0.3 is 0 Å². The van der Waals surface area contributed by atoms with Crippen LogP contribution in [0.15, 0.2) is 36.4 Å². The first-order valence-electron chi connectivity index (χ1n) is 9.47. The minimum Gasteiger partial charge on any atom is -0.504 e. The van der Waals surface area contributed by atoms with Gasteiger partial charge in [-0.15, -0.1) is 0 Å². The highest BCUT2D eigenvalue weighted by molar-refractivity contribution is 6.33. The Kier molecular flexibility index (Phi) is 5.17. The van der Waals surface area contributed by atoms with Gasteiger partial charge in [-0.1, -0.05) is 29.8 Å². The van der Waals surface area contributed by atoms with E-state index >= 15 is 0 Å². The smallest absolute Gasteiger partial charge is 0.161 e. The van der Waals surface area contributed by atoms with Crippen molar-refractivity contribution in [2.24, 2.45) is 11.7 Å². The molecule has 4 N–H and O–H groups in total. The van der Waals surface area contributed by atoms with Crippen LogP contribution in [0, 0.1) is 5.92 Å². The van der Waals surface area contributed by atoms with Gasteiger partial charge in [-0.05, 0) is 42.5 Å². The molecule has 2 aromatic rings. The van der Waals surface area contributed by atoms with Gasteiger partial charge in [0.05, 0.1) is 22.9 Å². The fourth-order valence-electron chi connectivity index (χ4n) is 4.37. The van der Waals surface area contributed by atoms with Crippen molar-refractivity contribution < 1.29 is 14.9 Å². The second kappa shape index (κ2) is 7.58. The minimum absolute atomic E-state index is 0.00727. The molecule has 27 heavy (non-hydrogen) atoms. The minimum atomic E-state index is -0.244. The maximum absolute atomic E-state index is 10.3. The van der Waals surface area contributed by atoms with Gasteiger partial charge in [-0.3, -0.25) is 0 Å². The standard InChI is InChI=1S/C21H25ClN2O3/c22-16-3-1-2-4-17(16)24-9-7-13(8-10-24)19-11-15-14(20(12-23)27-19)5-6-18(25)21(15)26/h1-6,13,19-20,25-26H,7-12,23H2. The second-order valence-corrected chi connectivity index (χ2v) is 7.79. The Bertz CT molecular complexity index is 821. The molecule has 1 saturated heterocycles. The summed E-state index contributed by atoms with van der Waals surface area (Å²) in [4.78, 5) is 2.32. The summed E-state index contributed by atoms with van der Waals surface area (Å²) in [6.07, 6.45) is 2.33. The normalized spacial score (nSPS) is 23.3. The summed E-state index contributed by atoms with van der Waals surface area (Å²) in [6, 6.07) is 11.2. The number of phenolic OH excluding ortho intramolecular Hbond substituents is 2. The third kappa shape index (κ3) is 3.47. The number of aromatic hydroxyl groups is 2. The Morgan fingerprint density at radius 3 is 2.56 bits per heavy atom. The largest absolute Gasteiger partial charge is 0.504 e. The zero-order chi connectivity index (χ0) is 19.0. The predicted octanol–water partition coefficient (Wildman–Crippen LogP) is 3.61. The maximum Gasteiger partial charge on any atom is 0.161 e. The van der Waals surface area contributed by atoms with Crippen LogP contribution in [0.4, 0.5) is 5.69 Å². The number of para-hydroxylation sites is 1. The quantitative estimate of drug-likeness (QED) is 0.700. The van der Waals surface area contributed by atoms with Crippen LogP contribution in [0.2, 0.25) is 5.02 Å². The van der Waals surface area contributed by atoms with Crippen LogP contribution < -0.4 is 10.6 Å². The molecule has 2 unspecified atom stereocenters. The molecule has 2 aliphatic rings. The maximum atomic E-state index is 10.3. The van der Waals surface area contributed by atoms with E-state index in [0.29, 0.717) is 18.9 Å². The Balaban J connectivity index is 1.49. The molecule has 6 heteroatoms. The van der Waals surface area contributed by atoms with E-state index in [4.69, 9.17) is 22.1 Å². The number of piperidine rings is 1. The molecular weight excluding hydrogens is 364 g/mol. The van der Waals surface area contributed by atoms with E-state index in [1.54, 1.807) is 6.07 Å². The number of rotatable bonds is 3. The Hall–Kier alpha value is -1.95. The van der Waals surface area contributed by atoms with E-state index in [9.17, 15) is 10.2 Å². The lowest BCUT2D eigenvalue weighted by Gasteiger charge is -2.41. The molecule has 4 rings (SSSR count). The fourth-order valence-corrected chi connectivity index (χ4v) is 4.63. The van der Waals surface area contributed by atoms with Gasteiger partial charge in [-0.25, -0.2) is 0 Å². The fraction of sp³-hybridized carbons (Fsp3) is 0.429. The van der Waals surface area contributed by atoms with E-state index in [1.807, 2.05) is 18.2 Å². The molecule has 0 aliphatic carbocycles. The second-order valence-electron chi connectivity index (χ2n) is 7.38. The van der Waals surface area contributed by atoms with Crippen molar-refractivity contribution in [3.8, 4) is 11.5 Å². The number of fused-ring (bicyclic) bond motifs is 1. The molecule has 0 saturated carbocycles. The number of nitrogens with two attached hydrogens (primary N) is 1. The number of phenols is 2. The predicted molar refractivity (Wildman–Crippen MR) is 107 cm³/mol. The zero-order valence-electron chi connectivity index (χ0n) is 15.1. The molecule has 5 nitrogen and oxygen atoms in total. The van der Waals surface area contributed by atoms with Crippen LogP contribution in [-0.2, 0) is 11.2 Å². The first-order chi connectivity index (χ1) is 13.1. The zero-order valence-corrected chi connectivity index (χ0v) is 15.9. The van der Waals surface area contributed by atoms with Crippen molar-refractivity contribution in [3.05, 3.63) is 52.5 Å². The molecular formula is C21H25ClN2O3. The third-order valence-electron chi connectivity index (χ3n) is 5.86. The summed E-state index contributed by atoms with van der Waals surface area (Å²) in [7, 11) is 0. The van der Waals surface area contributed by atoms with Gasteiger partial charge in [0, 0.05) is 31.6 Å². The van der Waals surface area contributed by atoms with E-state index in [2.05, 4.69) is 11.0 Å². The van der Waals surface area contributed by atoms with Crippen molar-refractivity contribution >= 4 is 17.3 Å². The number of nitrogens with zero attached hydrogens (tertiary/aromatic N) is 1. The van der Waals surface area contributed by atoms with E-state index in [0.717, 1.165) is 47.8 Å². The summed E-state index contributed by atoms with van der Waals surface area (Å²) in [5.41, 5.74) is 8.66. The first kappa shape index (κ1) is 18.4. The number of benzene rings is 2. The average Bonchev–Trinajstić information content (AvgIpc) is 2.70. The van der Waals surface area contributed by atoms with Gasteiger partial charge in [-0.2, -0.15) is 0 Å². The molecule has 2 atom stereocenters. The average molecular weight is 389 g/mol. The highest BCUT2D eigenvalue weighted by Gasteiger charge is 2.35. The summed E-state index contributed by atoms with van der Waals surface area (Å²) in [5, 5.41) is 21.0. The number of hydrogen-bond acceptors (Lipinski definition) is 5. The lowest BCUT2D eigenvalue weighted by molar-refractivity contribution is -0.0569. The van der Waals surface area contributed by atoms with Gasteiger partial charge in [0.2, 0.25) is 0 Å². The van der Waals surface area contributed by atoms with Crippen LogP contribution >= 0.6 is 11.6 Å². The van der Waals surface area contributed by atoms with Crippen LogP contribution in [0.25, 0.3) is 0 Å². The molecule has 0 radical (unpaired) electrons. The van der Waals surface area contributed by atoms with Crippen molar-refractivity contribution in [3.63, 3.8) is 0 Å². The number of anilines is 1. The van der Waals surface area contributed by atoms with Gasteiger partial charge < -0.3 is 25.6 Å². The molecule has 0 spiro atoms.